The van der Waals surface area contributed by atoms with Crippen LogP contribution in [0.3, 0.4) is 0 Å². The third-order valence-corrected chi connectivity index (χ3v) is 5.28. The Morgan fingerprint density at radius 1 is 1.06 bits per heavy atom. The number of nitrogens with one attached hydrogen (secondary N) is 4. The predicted molar refractivity (Wildman–Crippen MR) is 124 cm³/mol. The summed E-state index contributed by atoms with van der Waals surface area (Å²) in [5.41, 5.74) is 0.865. The molecule has 33 heavy (non-hydrogen) atoms. The van der Waals surface area contributed by atoms with Crippen molar-refractivity contribution in [2.75, 3.05) is 29.2 Å². The Balaban J connectivity index is 1.61. The molecule has 11 heteroatoms. The van der Waals surface area contributed by atoms with Crippen LogP contribution in [0.25, 0.3) is 11.1 Å². The summed E-state index contributed by atoms with van der Waals surface area (Å²) in [4.78, 5) is 30.8. The predicted octanol–water partition coefficient (Wildman–Crippen LogP) is 4.34. The Bertz CT molecular complexity index is 1170. The average Bonchev–Trinajstić information content (AvgIpc) is 2.78. The van der Waals surface area contributed by atoms with Gasteiger partial charge < -0.3 is 15.6 Å². The lowest BCUT2D eigenvalue weighted by Crippen LogP contribution is -2.24. The van der Waals surface area contributed by atoms with Crippen molar-refractivity contribution >= 4 is 29.4 Å². The van der Waals surface area contributed by atoms with E-state index in [1.165, 1.54) is 6.20 Å². The zero-order chi connectivity index (χ0) is 23.8. The van der Waals surface area contributed by atoms with E-state index in [1.807, 2.05) is 29.2 Å². The number of anilines is 2. The van der Waals surface area contributed by atoms with Crippen LogP contribution in [0.15, 0.2) is 47.4 Å². The van der Waals surface area contributed by atoms with Crippen LogP contribution >= 0.6 is 11.8 Å². The molecular formula is C22H22F3N5O2S. The van der Waals surface area contributed by atoms with E-state index >= 15 is 0 Å². The van der Waals surface area contributed by atoms with Crippen LogP contribution < -0.4 is 21.5 Å². The first-order chi connectivity index (χ1) is 15.9. The molecule has 0 bridgehead atoms. The second-order valence-electron chi connectivity index (χ2n) is 7.01. The van der Waals surface area contributed by atoms with Crippen molar-refractivity contribution in [2.24, 2.45) is 0 Å². The highest BCUT2D eigenvalue weighted by atomic mass is 32.2. The van der Waals surface area contributed by atoms with Crippen molar-refractivity contribution in [1.29, 1.82) is 0 Å². The molecular weight excluding hydrogens is 455 g/mol. The highest BCUT2D eigenvalue weighted by Crippen LogP contribution is 2.19. The smallest absolute Gasteiger partial charge is 0.326 e. The third kappa shape index (κ3) is 6.83. The number of H-pyrrole nitrogens is 1. The topological polar surface area (TPSA) is 98.9 Å². The Kier molecular flexibility index (Phi) is 8.50. The number of hydrogen-bond donors (Lipinski definition) is 4. The van der Waals surface area contributed by atoms with Gasteiger partial charge in [0.25, 0.3) is 5.56 Å². The fourth-order valence-corrected chi connectivity index (χ4v) is 3.36. The van der Waals surface area contributed by atoms with Crippen LogP contribution in [0.1, 0.15) is 12.0 Å². The summed E-state index contributed by atoms with van der Waals surface area (Å²) in [6.45, 7) is 1.65. The molecule has 0 fully saturated rings. The molecule has 0 saturated carbocycles. The first-order valence-electron chi connectivity index (χ1n) is 9.98. The maximum Gasteiger partial charge on any atom is 0.326 e. The van der Waals surface area contributed by atoms with Gasteiger partial charge in [0.2, 0.25) is 5.95 Å². The van der Waals surface area contributed by atoms with Gasteiger partial charge in [0.15, 0.2) is 11.6 Å². The molecule has 0 unspecified atom stereocenters. The number of carbonyl (C=O) groups is 1. The highest BCUT2D eigenvalue weighted by molar-refractivity contribution is 7.98. The monoisotopic (exact) mass is 477 g/mol. The van der Waals surface area contributed by atoms with Gasteiger partial charge in [-0.2, -0.15) is 16.7 Å². The van der Waals surface area contributed by atoms with Crippen molar-refractivity contribution in [3.63, 3.8) is 0 Å². The standard InChI is InChI=1S/C22H22F3N5O2S/c1-33-8-2-7-26-11-13-3-5-14(6-4-13)15-12-27-21(29-20(15)31)30-22(32)28-19-10-17(24)16(23)9-18(19)25/h3-6,9-10,12,26H,2,7-8,11H2,1H3,(H3,27,28,29,30,31,32). The third-order valence-electron chi connectivity index (χ3n) is 4.58. The quantitative estimate of drug-likeness (QED) is 0.272. The number of aromatic nitrogens is 2. The van der Waals surface area contributed by atoms with Crippen LogP contribution in [0, 0.1) is 17.5 Å². The molecule has 3 rings (SSSR count). The first-order valence-corrected chi connectivity index (χ1v) is 11.4. The lowest BCUT2D eigenvalue weighted by molar-refractivity contribution is 0.262. The number of thioether (sulfide) groups is 1. The summed E-state index contributed by atoms with van der Waals surface area (Å²) < 4.78 is 39.9. The van der Waals surface area contributed by atoms with E-state index in [4.69, 9.17) is 0 Å². The van der Waals surface area contributed by atoms with Crippen LogP contribution in [0.4, 0.5) is 29.6 Å². The van der Waals surface area contributed by atoms with Crippen LogP contribution in [-0.2, 0) is 6.54 Å². The molecule has 0 aliphatic carbocycles. The SMILES string of the molecule is CSCCCNCc1ccc(-c2c[nH]c(NC(=O)Nc3cc(F)c(F)cc3F)nc2=O)cc1. The second kappa shape index (κ2) is 11.5. The van der Waals surface area contributed by atoms with Gasteiger partial charge in [0.1, 0.15) is 5.82 Å². The number of nitrogens with zero attached hydrogens (tertiary/aromatic N) is 1. The number of hydrogen-bond acceptors (Lipinski definition) is 5. The van der Waals surface area contributed by atoms with Gasteiger partial charge in [-0.25, -0.2) is 18.0 Å². The molecule has 3 aromatic rings. The van der Waals surface area contributed by atoms with Gasteiger partial charge in [0.05, 0.1) is 11.3 Å². The van der Waals surface area contributed by atoms with E-state index in [1.54, 1.807) is 12.1 Å². The summed E-state index contributed by atoms with van der Waals surface area (Å²) in [6, 6.07) is 7.25. The summed E-state index contributed by atoms with van der Waals surface area (Å²) in [6.07, 6.45) is 4.55. The van der Waals surface area contributed by atoms with E-state index in [-0.39, 0.29) is 5.95 Å². The van der Waals surface area contributed by atoms with Crippen molar-refractivity contribution in [1.82, 2.24) is 15.3 Å². The molecule has 0 saturated heterocycles. The number of rotatable bonds is 9. The summed E-state index contributed by atoms with van der Waals surface area (Å²) >= 11 is 1.81. The van der Waals surface area contributed by atoms with E-state index in [9.17, 15) is 22.8 Å². The molecule has 0 spiro atoms. The Labute approximate surface area is 192 Å². The first kappa shape index (κ1) is 24.3. The number of carbonyl (C=O) groups excluding carboxylic acids is 1. The zero-order valence-corrected chi connectivity index (χ0v) is 18.5. The molecule has 0 aliphatic rings. The van der Waals surface area contributed by atoms with Gasteiger partial charge in [-0.3, -0.25) is 10.1 Å². The fraction of sp³-hybridized carbons (Fsp3) is 0.227. The van der Waals surface area contributed by atoms with E-state index < -0.39 is 34.7 Å². The number of benzene rings is 2. The minimum absolute atomic E-state index is 0.199. The molecule has 2 amide bonds. The average molecular weight is 478 g/mol. The van der Waals surface area contributed by atoms with Crippen LogP contribution in [-0.4, -0.2) is 34.6 Å². The van der Waals surface area contributed by atoms with Gasteiger partial charge in [-0.05, 0) is 36.1 Å². The van der Waals surface area contributed by atoms with Gasteiger partial charge in [-0.15, -0.1) is 0 Å². The number of amides is 2. The van der Waals surface area contributed by atoms with Gasteiger partial charge >= 0.3 is 6.03 Å². The lowest BCUT2D eigenvalue weighted by Gasteiger charge is -2.09. The highest BCUT2D eigenvalue weighted by Gasteiger charge is 2.14. The Hall–Kier alpha value is -3.31. The number of aromatic amines is 1. The summed E-state index contributed by atoms with van der Waals surface area (Å²) in [5, 5.41) is 7.59. The maximum absolute atomic E-state index is 13.7. The molecule has 1 aromatic heterocycles. The molecule has 4 N–H and O–H groups in total. The minimum atomic E-state index is -1.38. The minimum Gasteiger partial charge on any atom is -0.331 e. The Morgan fingerprint density at radius 2 is 1.79 bits per heavy atom. The van der Waals surface area contributed by atoms with Crippen molar-refractivity contribution < 1.29 is 18.0 Å². The van der Waals surface area contributed by atoms with Gasteiger partial charge in [-0.1, -0.05) is 24.3 Å². The molecule has 1 heterocycles. The van der Waals surface area contributed by atoms with E-state index in [2.05, 4.69) is 26.9 Å². The maximum atomic E-state index is 13.7. The lowest BCUT2D eigenvalue weighted by atomic mass is 10.1. The molecule has 0 aliphatic heterocycles. The summed E-state index contributed by atoms with van der Waals surface area (Å²) in [5.74, 6) is -2.94. The molecule has 2 aromatic carbocycles. The van der Waals surface area contributed by atoms with Gasteiger partial charge in [0, 0.05) is 24.9 Å². The molecule has 7 nitrogen and oxygen atoms in total. The number of halogens is 3. The zero-order valence-electron chi connectivity index (χ0n) is 17.7. The van der Waals surface area contributed by atoms with Crippen molar-refractivity contribution in [2.45, 2.75) is 13.0 Å². The largest absolute Gasteiger partial charge is 0.331 e. The number of urea groups is 1. The van der Waals surface area contributed by atoms with Crippen molar-refractivity contribution in [3.8, 4) is 11.1 Å². The molecule has 0 radical (unpaired) electrons. The molecule has 174 valence electrons. The summed E-state index contributed by atoms with van der Waals surface area (Å²) in [7, 11) is 0. The second-order valence-corrected chi connectivity index (χ2v) is 8.00. The fourth-order valence-electron chi connectivity index (χ4n) is 2.92. The molecule has 0 atom stereocenters. The van der Waals surface area contributed by atoms with E-state index in [0.29, 0.717) is 23.3 Å². The van der Waals surface area contributed by atoms with Crippen LogP contribution in [0.5, 0.6) is 0 Å². The van der Waals surface area contributed by atoms with E-state index in [0.717, 1.165) is 30.8 Å². The van der Waals surface area contributed by atoms with Crippen molar-refractivity contribution in [3.05, 3.63) is 76.0 Å². The normalized spacial score (nSPS) is 10.8. The van der Waals surface area contributed by atoms with Crippen LogP contribution in [0.2, 0.25) is 0 Å². The Morgan fingerprint density at radius 3 is 2.48 bits per heavy atom.